The lowest BCUT2D eigenvalue weighted by Gasteiger charge is -2.48. The van der Waals surface area contributed by atoms with Crippen molar-refractivity contribution < 1.29 is 14.6 Å². The standard InChI is InChI=1S/C25H35ClO3/c1-5-25(6-2)16-24(3,4)15-21(17-7-9-18(26)10-8-17)22(25)12-11-20-13-19(27)14-23(28)29-20/h7-10,19-20,27H,5-6,11-16H2,1-4H3/t19-,20-/m1/s1. The van der Waals surface area contributed by atoms with Crippen LogP contribution >= 0.6 is 11.6 Å². The topological polar surface area (TPSA) is 46.5 Å². The number of allylic oxidation sites excluding steroid dienone is 2. The van der Waals surface area contributed by atoms with Gasteiger partial charge >= 0.3 is 5.97 Å². The van der Waals surface area contributed by atoms with E-state index >= 15 is 0 Å². The van der Waals surface area contributed by atoms with E-state index in [1.54, 1.807) is 0 Å². The fourth-order valence-electron chi connectivity index (χ4n) is 5.60. The minimum absolute atomic E-state index is 0.122. The van der Waals surface area contributed by atoms with E-state index in [0.29, 0.717) is 6.42 Å². The van der Waals surface area contributed by atoms with Gasteiger partial charge in [0.1, 0.15) is 6.10 Å². The first-order valence-electron chi connectivity index (χ1n) is 11.0. The Bertz CT molecular complexity index is 759. The van der Waals surface area contributed by atoms with Crippen molar-refractivity contribution in [2.24, 2.45) is 10.8 Å². The molecule has 1 aliphatic carbocycles. The molecule has 2 aliphatic rings. The number of ether oxygens (including phenoxy) is 1. The molecule has 160 valence electrons. The molecule has 3 rings (SSSR count). The zero-order valence-corrected chi connectivity index (χ0v) is 19.0. The monoisotopic (exact) mass is 418 g/mol. The molecular formula is C25H35ClO3. The molecule has 0 bridgehead atoms. The fraction of sp³-hybridized carbons (Fsp3) is 0.640. The van der Waals surface area contributed by atoms with Gasteiger partial charge in [-0.2, -0.15) is 0 Å². The van der Waals surface area contributed by atoms with Crippen molar-refractivity contribution in [1.29, 1.82) is 0 Å². The summed E-state index contributed by atoms with van der Waals surface area (Å²) in [5.74, 6) is -0.275. The minimum atomic E-state index is -0.571. The molecule has 1 heterocycles. The van der Waals surface area contributed by atoms with Crippen molar-refractivity contribution in [3.8, 4) is 0 Å². The largest absolute Gasteiger partial charge is 0.462 e. The van der Waals surface area contributed by atoms with Crippen LogP contribution in [0.3, 0.4) is 0 Å². The summed E-state index contributed by atoms with van der Waals surface area (Å²) in [5.41, 5.74) is 4.60. The van der Waals surface area contributed by atoms with E-state index in [4.69, 9.17) is 16.3 Å². The SMILES string of the molecule is CCC1(CC)CC(C)(C)CC(c2ccc(Cl)cc2)=C1CC[C@@H]1C[C@@H](O)CC(=O)O1. The summed E-state index contributed by atoms with van der Waals surface area (Å²) in [7, 11) is 0. The van der Waals surface area contributed by atoms with Gasteiger partial charge in [0.2, 0.25) is 0 Å². The van der Waals surface area contributed by atoms with Crippen LogP contribution in [0.4, 0.5) is 0 Å². The molecule has 4 heteroatoms. The summed E-state index contributed by atoms with van der Waals surface area (Å²) in [6, 6.07) is 8.23. The van der Waals surface area contributed by atoms with Crippen LogP contribution in [-0.2, 0) is 9.53 Å². The molecule has 1 aliphatic heterocycles. The number of halogens is 1. The number of aliphatic hydroxyl groups excluding tert-OH is 1. The van der Waals surface area contributed by atoms with Crippen molar-refractivity contribution in [2.75, 3.05) is 0 Å². The molecule has 0 amide bonds. The maximum absolute atomic E-state index is 11.8. The molecule has 0 spiro atoms. The molecule has 0 saturated carbocycles. The van der Waals surface area contributed by atoms with E-state index in [2.05, 4.69) is 39.8 Å². The Balaban J connectivity index is 1.98. The van der Waals surface area contributed by atoms with E-state index < -0.39 is 6.10 Å². The lowest BCUT2D eigenvalue weighted by Crippen LogP contribution is -2.36. The van der Waals surface area contributed by atoms with Gasteiger partial charge in [-0.1, -0.05) is 57.0 Å². The predicted octanol–water partition coefficient (Wildman–Crippen LogP) is 6.57. The molecule has 29 heavy (non-hydrogen) atoms. The zero-order chi connectivity index (χ0) is 21.2. The van der Waals surface area contributed by atoms with Crippen molar-refractivity contribution >= 4 is 23.1 Å². The van der Waals surface area contributed by atoms with Gasteiger partial charge in [0.15, 0.2) is 0 Å². The number of hydrogen-bond donors (Lipinski definition) is 1. The summed E-state index contributed by atoms with van der Waals surface area (Å²) < 4.78 is 5.54. The predicted molar refractivity (Wildman–Crippen MR) is 119 cm³/mol. The van der Waals surface area contributed by atoms with Crippen molar-refractivity contribution in [3.63, 3.8) is 0 Å². The van der Waals surface area contributed by atoms with Gasteiger partial charge in [-0.15, -0.1) is 0 Å². The van der Waals surface area contributed by atoms with Gasteiger partial charge in [-0.05, 0) is 72.6 Å². The smallest absolute Gasteiger partial charge is 0.308 e. The number of cyclic esters (lactones) is 1. The molecule has 1 saturated heterocycles. The van der Waals surface area contributed by atoms with Crippen LogP contribution < -0.4 is 0 Å². The maximum Gasteiger partial charge on any atom is 0.308 e. The third-order valence-corrected chi connectivity index (χ3v) is 7.23. The summed E-state index contributed by atoms with van der Waals surface area (Å²) >= 11 is 6.16. The summed E-state index contributed by atoms with van der Waals surface area (Å²) in [4.78, 5) is 11.8. The maximum atomic E-state index is 11.8. The van der Waals surface area contributed by atoms with Crippen LogP contribution in [-0.4, -0.2) is 23.3 Å². The van der Waals surface area contributed by atoms with Gasteiger partial charge in [0, 0.05) is 11.4 Å². The molecule has 0 aromatic heterocycles. The second-order valence-electron chi connectivity index (χ2n) is 9.71. The van der Waals surface area contributed by atoms with Gasteiger partial charge in [0.05, 0.1) is 12.5 Å². The third-order valence-electron chi connectivity index (χ3n) is 6.97. The summed E-state index contributed by atoms with van der Waals surface area (Å²) in [6.07, 6.45) is 6.01. The lowest BCUT2D eigenvalue weighted by atomic mass is 9.57. The zero-order valence-electron chi connectivity index (χ0n) is 18.3. The number of carbonyl (C=O) groups excluding carboxylic acids is 1. The highest BCUT2D eigenvalue weighted by atomic mass is 35.5. The Labute approximate surface area is 180 Å². The highest BCUT2D eigenvalue weighted by molar-refractivity contribution is 6.30. The van der Waals surface area contributed by atoms with Crippen molar-refractivity contribution in [1.82, 2.24) is 0 Å². The average Bonchev–Trinajstić information content (AvgIpc) is 2.65. The van der Waals surface area contributed by atoms with E-state index in [0.717, 1.165) is 37.1 Å². The van der Waals surface area contributed by atoms with Gasteiger partial charge in [-0.25, -0.2) is 0 Å². The summed E-state index contributed by atoms with van der Waals surface area (Å²) in [5, 5.41) is 10.7. The Kier molecular flexibility index (Phi) is 6.80. The average molecular weight is 419 g/mol. The van der Waals surface area contributed by atoms with Crippen LogP contribution in [0.25, 0.3) is 5.57 Å². The van der Waals surface area contributed by atoms with E-state index in [9.17, 15) is 9.90 Å². The quantitative estimate of drug-likeness (QED) is 0.531. The van der Waals surface area contributed by atoms with Gasteiger partial charge in [0.25, 0.3) is 0 Å². The third kappa shape index (κ3) is 5.06. The highest BCUT2D eigenvalue weighted by Crippen LogP contribution is 2.56. The van der Waals surface area contributed by atoms with Crippen LogP contribution in [0.1, 0.15) is 84.6 Å². The Morgan fingerprint density at radius 1 is 1.17 bits per heavy atom. The Morgan fingerprint density at radius 2 is 1.83 bits per heavy atom. The molecule has 1 aromatic carbocycles. The van der Waals surface area contributed by atoms with E-state index in [1.165, 1.54) is 23.1 Å². The summed E-state index contributed by atoms with van der Waals surface area (Å²) in [6.45, 7) is 9.35. The van der Waals surface area contributed by atoms with Gasteiger partial charge < -0.3 is 9.84 Å². The van der Waals surface area contributed by atoms with Gasteiger partial charge in [-0.3, -0.25) is 4.79 Å². The highest BCUT2D eigenvalue weighted by Gasteiger charge is 2.43. The second kappa shape index (κ2) is 8.81. The first kappa shape index (κ1) is 22.4. The van der Waals surface area contributed by atoms with Crippen molar-refractivity contribution in [2.45, 2.75) is 91.3 Å². The number of rotatable bonds is 6. The molecule has 2 atom stereocenters. The molecule has 1 N–H and O–H groups in total. The molecule has 0 radical (unpaired) electrons. The molecule has 0 unspecified atom stereocenters. The van der Waals surface area contributed by atoms with E-state index in [1.807, 2.05) is 12.1 Å². The Morgan fingerprint density at radius 3 is 2.41 bits per heavy atom. The first-order chi connectivity index (χ1) is 13.7. The molecule has 1 aromatic rings. The Hall–Kier alpha value is -1.32. The molecular weight excluding hydrogens is 384 g/mol. The minimum Gasteiger partial charge on any atom is -0.462 e. The molecule has 1 fully saturated rings. The van der Waals surface area contributed by atoms with Crippen LogP contribution in [0.2, 0.25) is 5.02 Å². The number of carbonyl (C=O) groups is 1. The molecule has 3 nitrogen and oxygen atoms in total. The number of aliphatic hydroxyl groups is 1. The first-order valence-corrected chi connectivity index (χ1v) is 11.4. The van der Waals surface area contributed by atoms with E-state index in [-0.39, 0.29) is 29.3 Å². The van der Waals surface area contributed by atoms with Crippen LogP contribution in [0.5, 0.6) is 0 Å². The van der Waals surface area contributed by atoms with Crippen LogP contribution in [0.15, 0.2) is 29.8 Å². The van der Waals surface area contributed by atoms with Crippen molar-refractivity contribution in [3.05, 3.63) is 40.4 Å². The second-order valence-corrected chi connectivity index (χ2v) is 10.1. The fourth-order valence-corrected chi connectivity index (χ4v) is 5.73. The number of benzene rings is 1. The normalized spacial score (nSPS) is 26.3. The lowest BCUT2D eigenvalue weighted by molar-refractivity contribution is -0.160. The number of hydrogen-bond acceptors (Lipinski definition) is 3. The number of esters is 1. The van der Waals surface area contributed by atoms with Crippen LogP contribution in [0, 0.1) is 10.8 Å².